The molecule has 0 unspecified atom stereocenters. The van der Waals surface area contributed by atoms with Crippen molar-refractivity contribution in [2.24, 2.45) is 0 Å². The first kappa shape index (κ1) is 16.3. The molecule has 1 aliphatic carbocycles. The summed E-state index contributed by atoms with van der Waals surface area (Å²) < 4.78 is 0. The number of hydrogen-bond donors (Lipinski definition) is 3. The summed E-state index contributed by atoms with van der Waals surface area (Å²) in [5.41, 5.74) is 2.25. The monoisotopic (exact) mass is 302 g/mol. The zero-order valence-corrected chi connectivity index (χ0v) is 13.5. The quantitative estimate of drug-likeness (QED) is 0.698. The Hall–Kier alpha value is -2.04. The average Bonchev–Trinajstić information content (AvgIpc) is 2.49. The third-order valence-electron chi connectivity index (χ3n) is 3.58. The number of pyridine rings is 1. The maximum atomic E-state index is 11.6. The number of aromatic nitrogens is 1. The number of allylic oxidation sites excluding steroid dienone is 1. The Morgan fingerprint density at radius 3 is 2.82 bits per heavy atom. The molecule has 120 valence electrons. The summed E-state index contributed by atoms with van der Waals surface area (Å²) in [6.45, 7) is 4.75. The second-order valence-corrected chi connectivity index (χ2v) is 5.97. The average molecular weight is 302 g/mol. The maximum absolute atomic E-state index is 11.6. The summed E-state index contributed by atoms with van der Waals surface area (Å²) in [5, 5.41) is 8.86. The van der Waals surface area contributed by atoms with E-state index in [2.05, 4.69) is 27.0 Å². The molecule has 1 aliphatic rings. The highest BCUT2D eigenvalue weighted by Crippen LogP contribution is 2.20. The molecule has 0 radical (unpaired) electrons. The second kappa shape index (κ2) is 8.41. The van der Waals surface area contributed by atoms with Crippen LogP contribution in [0.3, 0.4) is 0 Å². The molecule has 0 saturated heterocycles. The Balaban J connectivity index is 1.74. The van der Waals surface area contributed by atoms with E-state index in [9.17, 15) is 4.79 Å². The lowest BCUT2D eigenvalue weighted by Crippen LogP contribution is -2.34. The van der Waals surface area contributed by atoms with Crippen molar-refractivity contribution in [1.29, 1.82) is 0 Å². The lowest BCUT2D eigenvalue weighted by molar-refractivity contribution is 0.250. The molecule has 0 saturated carbocycles. The third kappa shape index (κ3) is 5.76. The fourth-order valence-electron chi connectivity index (χ4n) is 2.48. The molecule has 0 aliphatic heterocycles. The topological polar surface area (TPSA) is 66.1 Å². The van der Waals surface area contributed by atoms with E-state index in [0.717, 1.165) is 18.8 Å². The predicted molar refractivity (Wildman–Crippen MR) is 91.2 cm³/mol. The van der Waals surface area contributed by atoms with Crippen LogP contribution in [0.4, 0.5) is 16.3 Å². The molecule has 0 aromatic carbocycles. The van der Waals surface area contributed by atoms with Gasteiger partial charge in [0.15, 0.2) is 0 Å². The van der Waals surface area contributed by atoms with Gasteiger partial charge < -0.3 is 16.0 Å². The smallest absolute Gasteiger partial charge is 0.319 e. The van der Waals surface area contributed by atoms with Crippen LogP contribution in [-0.2, 0) is 0 Å². The largest absolute Gasteiger partial charge is 0.370 e. The molecule has 1 aromatic heterocycles. The Kier molecular flexibility index (Phi) is 6.25. The molecule has 0 spiro atoms. The van der Waals surface area contributed by atoms with Crippen molar-refractivity contribution in [2.45, 2.75) is 52.0 Å². The highest BCUT2D eigenvalue weighted by atomic mass is 16.2. The fraction of sp³-hybridized carbons (Fsp3) is 0.529. The summed E-state index contributed by atoms with van der Waals surface area (Å²) in [4.78, 5) is 15.9. The van der Waals surface area contributed by atoms with Crippen LogP contribution >= 0.6 is 0 Å². The molecule has 1 aromatic rings. The van der Waals surface area contributed by atoms with Crippen LogP contribution in [0.5, 0.6) is 0 Å². The van der Waals surface area contributed by atoms with Crippen molar-refractivity contribution in [1.82, 2.24) is 10.3 Å². The number of rotatable bonds is 6. The molecule has 0 fully saturated rings. The van der Waals surface area contributed by atoms with Gasteiger partial charge in [-0.25, -0.2) is 9.78 Å². The van der Waals surface area contributed by atoms with Crippen LogP contribution in [0, 0.1) is 0 Å². The summed E-state index contributed by atoms with van der Waals surface area (Å²) in [7, 11) is 0. The van der Waals surface area contributed by atoms with Gasteiger partial charge >= 0.3 is 6.03 Å². The molecule has 2 rings (SSSR count). The van der Waals surface area contributed by atoms with E-state index >= 15 is 0 Å². The standard InChI is InChI=1S/C17H26N4O/c1-13(2)20-17(22)21-15-8-9-16(19-12-15)18-11-10-14-6-4-3-5-7-14/h6,8-9,12-13H,3-5,7,10-11H2,1-2H3,(H,18,19)(H2,20,21,22). The summed E-state index contributed by atoms with van der Waals surface area (Å²) in [5.74, 6) is 0.839. The lowest BCUT2D eigenvalue weighted by atomic mass is 9.97. The van der Waals surface area contributed by atoms with Gasteiger partial charge in [0.1, 0.15) is 5.82 Å². The number of carbonyl (C=O) groups is 1. The van der Waals surface area contributed by atoms with Crippen molar-refractivity contribution in [3.63, 3.8) is 0 Å². The van der Waals surface area contributed by atoms with Gasteiger partial charge in [0.2, 0.25) is 0 Å². The minimum atomic E-state index is -0.207. The number of nitrogens with one attached hydrogen (secondary N) is 3. The number of amides is 2. The van der Waals surface area contributed by atoms with Gasteiger partial charge in [-0.05, 0) is 58.1 Å². The van der Waals surface area contributed by atoms with Crippen LogP contribution < -0.4 is 16.0 Å². The maximum Gasteiger partial charge on any atom is 0.319 e. The van der Waals surface area contributed by atoms with Crippen molar-refractivity contribution in [3.8, 4) is 0 Å². The molecule has 0 atom stereocenters. The highest BCUT2D eigenvalue weighted by Gasteiger charge is 2.05. The van der Waals surface area contributed by atoms with Gasteiger partial charge in [0.25, 0.3) is 0 Å². The molecule has 5 heteroatoms. The summed E-state index contributed by atoms with van der Waals surface area (Å²) >= 11 is 0. The predicted octanol–water partition coefficient (Wildman–Crippen LogP) is 3.91. The number of carbonyl (C=O) groups excluding carboxylic acids is 1. The van der Waals surface area contributed by atoms with E-state index in [-0.39, 0.29) is 12.1 Å². The summed E-state index contributed by atoms with van der Waals surface area (Å²) in [6, 6.07) is 3.65. The molecule has 5 nitrogen and oxygen atoms in total. The molecule has 2 amide bonds. The lowest BCUT2D eigenvalue weighted by Gasteiger charge is -2.13. The van der Waals surface area contributed by atoms with Crippen molar-refractivity contribution < 1.29 is 4.79 Å². The first-order chi connectivity index (χ1) is 10.6. The zero-order chi connectivity index (χ0) is 15.8. The minimum Gasteiger partial charge on any atom is -0.370 e. The summed E-state index contributed by atoms with van der Waals surface area (Å²) in [6.07, 6.45) is 10.2. The number of hydrogen-bond acceptors (Lipinski definition) is 3. The Morgan fingerprint density at radius 2 is 2.18 bits per heavy atom. The first-order valence-corrected chi connectivity index (χ1v) is 8.09. The molecular weight excluding hydrogens is 276 g/mol. The van der Waals surface area contributed by atoms with Crippen molar-refractivity contribution >= 4 is 17.5 Å². The van der Waals surface area contributed by atoms with Crippen LogP contribution in [0.25, 0.3) is 0 Å². The molecule has 0 bridgehead atoms. The van der Waals surface area contributed by atoms with Crippen LogP contribution in [0.1, 0.15) is 46.0 Å². The van der Waals surface area contributed by atoms with E-state index in [1.165, 1.54) is 25.7 Å². The zero-order valence-electron chi connectivity index (χ0n) is 13.5. The Bertz CT molecular complexity index is 508. The Morgan fingerprint density at radius 1 is 1.32 bits per heavy atom. The minimum absolute atomic E-state index is 0.114. The van der Waals surface area contributed by atoms with Gasteiger partial charge in [-0.15, -0.1) is 0 Å². The second-order valence-electron chi connectivity index (χ2n) is 5.97. The van der Waals surface area contributed by atoms with E-state index in [1.54, 1.807) is 11.8 Å². The van der Waals surface area contributed by atoms with E-state index in [0.29, 0.717) is 5.69 Å². The van der Waals surface area contributed by atoms with Crippen LogP contribution in [-0.4, -0.2) is 23.6 Å². The number of nitrogens with zero attached hydrogens (tertiary/aromatic N) is 1. The van der Waals surface area contributed by atoms with Gasteiger partial charge in [-0.1, -0.05) is 11.6 Å². The number of anilines is 2. The van der Waals surface area contributed by atoms with E-state index in [1.807, 2.05) is 26.0 Å². The number of urea groups is 1. The van der Waals surface area contributed by atoms with Gasteiger partial charge in [0.05, 0.1) is 11.9 Å². The molecule has 1 heterocycles. The van der Waals surface area contributed by atoms with Crippen molar-refractivity contribution in [2.75, 3.05) is 17.2 Å². The normalized spacial score (nSPS) is 14.4. The van der Waals surface area contributed by atoms with Gasteiger partial charge in [-0.2, -0.15) is 0 Å². The van der Waals surface area contributed by atoms with E-state index in [4.69, 9.17) is 0 Å². The Labute approximate surface area is 132 Å². The molecule has 3 N–H and O–H groups in total. The van der Waals surface area contributed by atoms with E-state index < -0.39 is 0 Å². The van der Waals surface area contributed by atoms with Gasteiger partial charge in [-0.3, -0.25) is 0 Å². The van der Waals surface area contributed by atoms with Crippen LogP contribution in [0.2, 0.25) is 0 Å². The van der Waals surface area contributed by atoms with Crippen LogP contribution in [0.15, 0.2) is 30.0 Å². The first-order valence-electron chi connectivity index (χ1n) is 8.09. The third-order valence-corrected chi connectivity index (χ3v) is 3.58. The molecule has 22 heavy (non-hydrogen) atoms. The van der Waals surface area contributed by atoms with Crippen molar-refractivity contribution in [3.05, 3.63) is 30.0 Å². The fourth-order valence-corrected chi connectivity index (χ4v) is 2.48. The molecular formula is C17H26N4O. The van der Waals surface area contributed by atoms with Gasteiger partial charge in [0, 0.05) is 12.6 Å². The highest BCUT2D eigenvalue weighted by molar-refractivity contribution is 5.89. The SMILES string of the molecule is CC(C)NC(=O)Nc1ccc(NCCC2=CCCCC2)nc1.